The number of nitrogens with zero attached hydrogens (tertiary/aromatic N) is 1. The molecule has 132 valence electrons. The molecule has 1 unspecified atom stereocenters. The van der Waals surface area contributed by atoms with Crippen LogP contribution in [0.2, 0.25) is 0 Å². The zero-order valence-corrected chi connectivity index (χ0v) is 15.2. The molecule has 3 nitrogen and oxygen atoms in total. The van der Waals surface area contributed by atoms with Crippen LogP contribution in [0.1, 0.15) is 31.2 Å². The second kappa shape index (κ2) is 9.19. The van der Waals surface area contributed by atoms with E-state index in [9.17, 15) is 4.39 Å². The van der Waals surface area contributed by atoms with Gasteiger partial charge in [0.25, 0.3) is 0 Å². The molecule has 1 spiro atoms. The van der Waals surface area contributed by atoms with Crippen molar-refractivity contribution in [1.29, 1.82) is 0 Å². The maximum absolute atomic E-state index is 13.8. The number of hydrogen-bond acceptors (Lipinski definition) is 3. The molecule has 2 heterocycles. The molecular formula is C17H27Cl2FN2O. The van der Waals surface area contributed by atoms with E-state index in [1.165, 1.54) is 0 Å². The van der Waals surface area contributed by atoms with Gasteiger partial charge in [0.1, 0.15) is 5.82 Å². The lowest BCUT2D eigenvalue weighted by atomic mass is 9.82. The summed E-state index contributed by atoms with van der Waals surface area (Å²) in [5.74, 6) is -0.104. The Kier molecular flexibility index (Phi) is 8.25. The average molecular weight is 365 g/mol. The fraction of sp³-hybridized carbons (Fsp3) is 0.647. The molecule has 3 rings (SSSR count). The Morgan fingerprint density at radius 1 is 1.26 bits per heavy atom. The Morgan fingerprint density at radius 2 is 1.96 bits per heavy atom. The van der Waals surface area contributed by atoms with Crippen LogP contribution in [0.3, 0.4) is 0 Å². The molecule has 2 aliphatic rings. The van der Waals surface area contributed by atoms with Gasteiger partial charge in [-0.1, -0.05) is 18.2 Å². The van der Waals surface area contributed by atoms with Crippen molar-refractivity contribution in [1.82, 2.24) is 10.2 Å². The molecule has 1 N–H and O–H groups in total. The predicted molar refractivity (Wildman–Crippen MR) is 96.2 cm³/mol. The molecule has 2 aliphatic heterocycles. The van der Waals surface area contributed by atoms with E-state index in [1.54, 1.807) is 12.1 Å². The minimum atomic E-state index is -0.104. The Balaban J connectivity index is 0.00000132. The lowest BCUT2D eigenvalue weighted by molar-refractivity contribution is -0.119. The van der Waals surface area contributed by atoms with E-state index in [0.29, 0.717) is 12.6 Å². The Morgan fingerprint density at radius 3 is 2.65 bits per heavy atom. The number of rotatable bonds is 3. The number of benzene rings is 1. The van der Waals surface area contributed by atoms with Gasteiger partial charge in [-0.05, 0) is 51.9 Å². The van der Waals surface area contributed by atoms with Crippen LogP contribution in [0.4, 0.5) is 4.39 Å². The van der Waals surface area contributed by atoms with Crippen LogP contribution in [0, 0.1) is 5.82 Å². The number of piperidine rings is 1. The number of hydrogen-bond donors (Lipinski definition) is 1. The molecule has 0 radical (unpaired) electrons. The molecular weight excluding hydrogens is 338 g/mol. The number of nitrogens with one attached hydrogen (secondary N) is 1. The molecule has 6 heteroatoms. The van der Waals surface area contributed by atoms with Crippen molar-refractivity contribution in [2.45, 2.75) is 43.9 Å². The molecule has 0 saturated carbocycles. The fourth-order valence-corrected chi connectivity index (χ4v) is 3.63. The summed E-state index contributed by atoms with van der Waals surface area (Å²) in [6.45, 7) is 3.59. The SMILES string of the molecule is CN(Cc1ccccc1F)C1CCOC2(CCNCC2)C1.Cl.Cl. The van der Waals surface area contributed by atoms with Crippen molar-refractivity contribution in [3.63, 3.8) is 0 Å². The second-order valence-electron chi connectivity index (χ2n) is 6.43. The van der Waals surface area contributed by atoms with Crippen LogP contribution in [0.25, 0.3) is 0 Å². The maximum atomic E-state index is 13.8. The molecule has 2 saturated heterocycles. The normalized spacial score (nSPS) is 23.2. The summed E-state index contributed by atoms with van der Waals surface area (Å²) in [5, 5.41) is 3.40. The first-order chi connectivity index (χ1) is 10.2. The maximum Gasteiger partial charge on any atom is 0.127 e. The van der Waals surface area contributed by atoms with Crippen molar-refractivity contribution in [2.75, 3.05) is 26.7 Å². The summed E-state index contributed by atoms with van der Waals surface area (Å²) in [6.07, 6.45) is 4.30. The molecule has 0 bridgehead atoms. The molecule has 1 aromatic carbocycles. The lowest BCUT2D eigenvalue weighted by Gasteiger charge is -2.46. The smallest absolute Gasteiger partial charge is 0.127 e. The summed E-state index contributed by atoms with van der Waals surface area (Å²) < 4.78 is 19.9. The first-order valence-electron chi connectivity index (χ1n) is 7.97. The lowest BCUT2D eigenvalue weighted by Crippen LogP contribution is -2.52. The van der Waals surface area contributed by atoms with Gasteiger partial charge in [-0.2, -0.15) is 0 Å². The average Bonchev–Trinajstić information content (AvgIpc) is 2.50. The highest BCUT2D eigenvalue weighted by atomic mass is 35.5. The molecule has 0 aromatic heterocycles. The van der Waals surface area contributed by atoms with E-state index >= 15 is 0 Å². The summed E-state index contributed by atoms with van der Waals surface area (Å²) in [5.41, 5.74) is 0.836. The van der Waals surface area contributed by atoms with Gasteiger partial charge in [-0.3, -0.25) is 4.90 Å². The van der Waals surface area contributed by atoms with Gasteiger partial charge < -0.3 is 10.1 Å². The quantitative estimate of drug-likeness (QED) is 0.889. The van der Waals surface area contributed by atoms with E-state index < -0.39 is 0 Å². The third-order valence-corrected chi connectivity index (χ3v) is 4.98. The second-order valence-corrected chi connectivity index (χ2v) is 6.43. The Hall–Kier alpha value is -0.390. The van der Waals surface area contributed by atoms with Gasteiger partial charge in [-0.25, -0.2) is 4.39 Å². The van der Waals surface area contributed by atoms with Gasteiger partial charge in [0, 0.05) is 24.8 Å². The van der Waals surface area contributed by atoms with E-state index in [-0.39, 0.29) is 36.2 Å². The zero-order valence-electron chi connectivity index (χ0n) is 13.6. The van der Waals surface area contributed by atoms with Crippen LogP contribution in [-0.2, 0) is 11.3 Å². The fourth-order valence-electron chi connectivity index (χ4n) is 3.63. The highest BCUT2D eigenvalue weighted by molar-refractivity contribution is 5.85. The Bertz CT molecular complexity index is 478. The third kappa shape index (κ3) is 5.04. The van der Waals surface area contributed by atoms with Crippen LogP contribution in [0.15, 0.2) is 24.3 Å². The first kappa shape index (κ1) is 20.7. The van der Waals surface area contributed by atoms with Gasteiger partial charge >= 0.3 is 0 Å². The largest absolute Gasteiger partial charge is 0.375 e. The number of halogens is 3. The third-order valence-electron chi connectivity index (χ3n) is 4.98. The van der Waals surface area contributed by atoms with Crippen LogP contribution in [0.5, 0.6) is 0 Å². The monoisotopic (exact) mass is 364 g/mol. The molecule has 1 atom stereocenters. The first-order valence-corrected chi connectivity index (χ1v) is 7.97. The highest BCUT2D eigenvalue weighted by Gasteiger charge is 2.39. The molecule has 0 amide bonds. The van der Waals surface area contributed by atoms with Gasteiger partial charge in [0.2, 0.25) is 0 Å². The summed E-state index contributed by atoms with van der Waals surface area (Å²) in [7, 11) is 2.11. The minimum absolute atomic E-state index is 0. The van der Waals surface area contributed by atoms with Crippen molar-refractivity contribution < 1.29 is 9.13 Å². The number of ether oxygens (including phenoxy) is 1. The van der Waals surface area contributed by atoms with Gasteiger partial charge in [0.05, 0.1) is 5.60 Å². The molecule has 0 aliphatic carbocycles. The standard InChI is InChI=1S/C17H25FN2O.2ClH/c1-20(13-14-4-2-3-5-16(14)18)15-6-11-21-17(12-15)7-9-19-10-8-17;;/h2-5,15,19H,6-13H2,1H3;2*1H. The summed E-state index contributed by atoms with van der Waals surface area (Å²) >= 11 is 0. The van der Waals surface area contributed by atoms with Crippen molar-refractivity contribution in [3.8, 4) is 0 Å². The minimum Gasteiger partial charge on any atom is -0.375 e. The van der Waals surface area contributed by atoms with Crippen LogP contribution >= 0.6 is 24.8 Å². The molecule has 1 aromatic rings. The molecule has 23 heavy (non-hydrogen) atoms. The van der Waals surface area contributed by atoms with Gasteiger partial charge in [0.15, 0.2) is 0 Å². The van der Waals surface area contributed by atoms with E-state index in [2.05, 4.69) is 17.3 Å². The topological polar surface area (TPSA) is 24.5 Å². The zero-order chi connectivity index (χ0) is 14.7. The Labute approximate surface area is 150 Å². The highest BCUT2D eigenvalue weighted by Crippen LogP contribution is 2.35. The van der Waals surface area contributed by atoms with Crippen molar-refractivity contribution in [2.24, 2.45) is 0 Å². The van der Waals surface area contributed by atoms with Crippen molar-refractivity contribution >= 4 is 24.8 Å². The summed E-state index contributed by atoms with van der Waals surface area (Å²) in [4.78, 5) is 2.30. The van der Waals surface area contributed by atoms with Crippen LogP contribution < -0.4 is 5.32 Å². The van der Waals surface area contributed by atoms with Crippen LogP contribution in [-0.4, -0.2) is 43.3 Å². The van der Waals surface area contributed by atoms with E-state index in [4.69, 9.17) is 4.74 Å². The molecule has 2 fully saturated rings. The van der Waals surface area contributed by atoms with Gasteiger partial charge in [-0.15, -0.1) is 24.8 Å². The predicted octanol–water partition coefficient (Wildman–Crippen LogP) is 3.40. The van der Waals surface area contributed by atoms with Crippen molar-refractivity contribution in [3.05, 3.63) is 35.6 Å². The van der Waals surface area contributed by atoms with E-state index in [1.807, 2.05) is 12.1 Å². The summed E-state index contributed by atoms with van der Waals surface area (Å²) in [6, 6.07) is 7.56. The van der Waals surface area contributed by atoms with E-state index in [0.717, 1.165) is 50.9 Å².